The molecule has 0 atom stereocenters. The van der Waals surface area contributed by atoms with Gasteiger partial charge in [0.1, 0.15) is 5.57 Å². The Morgan fingerprint density at radius 2 is 1.70 bits per heavy atom. The molecular formula is C18H15BrN2O2. The second kappa shape index (κ2) is 6.01. The Labute approximate surface area is 142 Å². The Hall–Kier alpha value is -2.40. The third-order valence-electron chi connectivity index (χ3n) is 3.82. The zero-order valence-electron chi connectivity index (χ0n) is 12.8. The van der Waals surface area contributed by atoms with Gasteiger partial charge >= 0.3 is 0 Å². The maximum atomic E-state index is 12.5. The van der Waals surface area contributed by atoms with E-state index in [1.54, 1.807) is 6.08 Å². The second-order valence-electron chi connectivity index (χ2n) is 5.46. The van der Waals surface area contributed by atoms with Crippen molar-refractivity contribution in [3.8, 4) is 0 Å². The molecule has 1 saturated heterocycles. The van der Waals surface area contributed by atoms with Gasteiger partial charge in [0.25, 0.3) is 11.8 Å². The number of benzene rings is 2. The van der Waals surface area contributed by atoms with E-state index in [1.807, 2.05) is 56.3 Å². The van der Waals surface area contributed by atoms with E-state index in [9.17, 15) is 9.59 Å². The third-order valence-corrected chi connectivity index (χ3v) is 4.35. The Bertz CT molecular complexity index is 825. The van der Waals surface area contributed by atoms with Crippen molar-refractivity contribution in [2.45, 2.75) is 13.8 Å². The molecule has 2 aromatic rings. The summed E-state index contributed by atoms with van der Waals surface area (Å²) in [6.07, 6.45) is 1.60. The number of nitrogens with zero attached hydrogens (tertiary/aromatic N) is 1. The largest absolute Gasteiger partial charge is 0.282 e. The number of nitrogens with one attached hydrogen (secondary N) is 1. The molecular weight excluding hydrogens is 356 g/mol. The van der Waals surface area contributed by atoms with Crippen molar-refractivity contribution in [2.24, 2.45) is 0 Å². The van der Waals surface area contributed by atoms with E-state index in [0.717, 1.165) is 21.2 Å². The van der Waals surface area contributed by atoms with Gasteiger partial charge in [-0.25, -0.2) is 5.01 Å². The highest BCUT2D eigenvalue weighted by Gasteiger charge is 2.34. The van der Waals surface area contributed by atoms with E-state index in [-0.39, 0.29) is 11.5 Å². The molecule has 5 heteroatoms. The first-order valence-corrected chi connectivity index (χ1v) is 7.95. The van der Waals surface area contributed by atoms with Crippen LogP contribution in [0.3, 0.4) is 0 Å². The highest BCUT2D eigenvalue weighted by molar-refractivity contribution is 9.10. The first kappa shape index (κ1) is 15.5. The molecule has 1 heterocycles. The Morgan fingerprint density at radius 1 is 1.00 bits per heavy atom. The molecule has 0 unspecified atom stereocenters. The summed E-state index contributed by atoms with van der Waals surface area (Å²) in [5.74, 6) is -0.739. The van der Waals surface area contributed by atoms with Gasteiger partial charge in [-0.3, -0.25) is 15.0 Å². The van der Waals surface area contributed by atoms with Gasteiger partial charge in [0.2, 0.25) is 0 Å². The second-order valence-corrected chi connectivity index (χ2v) is 6.38. The lowest BCUT2D eigenvalue weighted by molar-refractivity contribution is -0.117. The summed E-state index contributed by atoms with van der Waals surface area (Å²) in [7, 11) is 0. The minimum atomic E-state index is -0.392. The molecule has 0 saturated carbocycles. The summed E-state index contributed by atoms with van der Waals surface area (Å²) in [5, 5.41) is 1.29. The van der Waals surface area contributed by atoms with Crippen molar-refractivity contribution in [2.75, 3.05) is 5.01 Å². The van der Waals surface area contributed by atoms with Crippen molar-refractivity contribution in [1.82, 2.24) is 5.43 Å². The van der Waals surface area contributed by atoms with Crippen LogP contribution in [-0.4, -0.2) is 11.8 Å². The van der Waals surface area contributed by atoms with Gasteiger partial charge in [-0.2, -0.15) is 0 Å². The molecule has 3 rings (SSSR count). The summed E-state index contributed by atoms with van der Waals surface area (Å²) >= 11 is 3.36. The molecule has 1 aliphatic rings. The predicted octanol–water partition coefficient (Wildman–Crippen LogP) is 3.53. The van der Waals surface area contributed by atoms with Crippen LogP contribution in [0.5, 0.6) is 0 Å². The monoisotopic (exact) mass is 370 g/mol. The van der Waals surface area contributed by atoms with Crippen LogP contribution in [0.25, 0.3) is 6.08 Å². The number of carbonyl (C=O) groups is 2. The van der Waals surface area contributed by atoms with E-state index in [4.69, 9.17) is 0 Å². The number of amides is 2. The molecule has 0 aliphatic carbocycles. The number of aryl methyl sites for hydroxylation is 2. The quantitative estimate of drug-likeness (QED) is 0.649. The fraction of sp³-hybridized carbons (Fsp3) is 0.111. The summed E-state index contributed by atoms with van der Waals surface area (Å²) in [6, 6.07) is 13.1. The highest BCUT2D eigenvalue weighted by Crippen LogP contribution is 2.24. The van der Waals surface area contributed by atoms with Gasteiger partial charge in [-0.05, 0) is 60.9 Å². The van der Waals surface area contributed by atoms with Gasteiger partial charge in [0, 0.05) is 4.47 Å². The van der Waals surface area contributed by atoms with Crippen LogP contribution in [-0.2, 0) is 9.59 Å². The summed E-state index contributed by atoms with van der Waals surface area (Å²) in [6.45, 7) is 3.97. The van der Waals surface area contributed by atoms with Gasteiger partial charge in [0.05, 0.1) is 5.69 Å². The Morgan fingerprint density at radius 3 is 2.35 bits per heavy atom. The van der Waals surface area contributed by atoms with Crippen LogP contribution in [0.2, 0.25) is 0 Å². The standard InChI is InChI=1S/C18H15BrN2O2/c1-11-3-8-15(9-12(11)2)21-18(23)16(17(22)20-21)10-13-4-6-14(19)7-5-13/h3-10H,1-2H3,(H,20,22). The number of carbonyl (C=O) groups excluding carboxylic acids is 2. The number of anilines is 1. The number of hydrazine groups is 1. The maximum absolute atomic E-state index is 12.5. The van der Waals surface area contributed by atoms with Crippen LogP contribution in [0, 0.1) is 13.8 Å². The minimum Gasteiger partial charge on any atom is -0.267 e. The number of rotatable bonds is 2. The smallest absolute Gasteiger partial charge is 0.267 e. The third kappa shape index (κ3) is 3.05. The molecule has 4 nitrogen and oxygen atoms in total. The highest BCUT2D eigenvalue weighted by atomic mass is 79.9. The number of hydrogen-bond donors (Lipinski definition) is 1. The molecule has 23 heavy (non-hydrogen) atoms. The van der Waals surface area contributed by atoms with Crippen LogP contribution in [0.1, 0.15) is 16.7 Å². The fourth-order valence-electron chi connectivity index (χ4n) is 2.33. The molecule has 1 fully saturated rings. The average Bonchev–Trinajstić information content (AvgIpc) is 2.80. The van der Waals surface area contributed by atoms with Crippen molar-refractivity contribution in [3.63, 3.8) is 0 Å². The molecule has 0 bridgehead atoms. The molecule has 0 radical (unpaired) electrons. The summed E-state index contributed by atoms with van der Waals surface area (Å²) in [5.41, 5.74) is 6.40. The van der Waals surface area contributed by atoms with Crippen LogP contribution in [0.4, 0.5) is 5.69 Å². The summed E-state index contributed by atoms with van der Waals surface area (Å²) < 4.78 is 0.943. The van der Waals surface area contributed by atoms with E-state index in [1.165, 1.54) is 5.01 Å². The molecule has 2 aromatic carbocycles. The van der Waals surface area contributed by atoms with Gasteiger partial charge in [-0.15, -0.1) is 0 Å². The average molecular weight is 371 g/mol. The lowest BCUT2D eigenvalue weighted by Crippen LogP contribution is -2.35. The molecule has 1 aliphatic heterocycles. The van der Waals surface area contributed by atoms with E-state index >= 15 is 0 Å². The van der Waals surface area contributed by atoms with Crippen LogP contribution in [0.15, 0.2) is 52.5 Å². The zero-order chi connectivity index (χ0) is 16.6. The minimum absolute atomic E-state index is 0.130. The molecule has 0 aromatic heterocycles. The van der Waals surface area contributed by atoms with Gasteiger partial charge in [0.15, 0.2) is 0 Å². The van der Waals surface area contributed by atoms with Gasteiger partial charge in [-0.1, -0.05) is 34.1 Å². The van der Waals surface area contributed by atoms with E-state index in [0.29, 0.717) is 5.69 Å². The lowest BCUT2D eigenvalue weighted by atomic mass is 10.1. The van der Waals surface area contributed by atoms with Crippen molar-refractivity contribution in [1.29, 1.82) is 0 Å². The fourth-order valence-corrected chi connectivity index (χ4v) is 2.59. The first-order chi connectivity index (χ1) is 11.0. The molecule has 116 valence electrons. The normalized spacial score (nSPS) is 16.1. The first-order valence-electron chi connectivity index (χ1n) is 7.15. The molecule has 1 N–H and O–H groups in total. The van der Waals surface area contributed by atoms with Crippen LogP contribution >= 0.6 is 15.9 Å². The Balaban J connectivity index is 1.93. The number of halogens is 1. The molecule has 0 spiro atoms. The van der Waals surface area contributed by atoms with Gasteiger partial charge < -0.3 is 0 Å². The maximum Gasteiger partial charge on any atom is 0.282 e. The van der Waals surface area contributed by atoms with Crippen LogP contribution < -0.4 is 10.4 Å². The SMILES string of the molecule is Cc1ccc(N2NC(=O)C(=Cc3ccc(Br)cc3)C2=O)cc1C. The number of hydrogen-bond acceptors (Lipinski definition) is 2. The topological polar surface area (TPSA) is 49.4 Å². The zero-order valence-corrected chi connectivity index (χ0v) is 14.3. The Kier molecular flexibility index (Phi) is 4.05. The molecule has 2 amide bonds. The summed E-state index contributed by atoms with van der Waals surface area (Å²) in [4.78, 5) is 24.7. The van der Waals surface area contributed by atoms with Crippen molar-refractivity contribution in [3.05, 3.63) is 69.2 Å². The van der Waals surface area contributed by atoms with Crippen molar-refractivity contribution >= 4 is 39.5 Å². The van der Waals surface area contributed by atoms with Crippen molar-refractivity contribution < 1.29 is 9.59 Å². The lowest BCUT2D eigenvalue weighted by Gasteiger charge is -2.15. The predicted molar refractivity (Wildman–Crippen MR) is 93.7 cm³/mol. The van der Waals surface area contributed by atoms with E-state index < -0.39 is 5.91 Å². The van der Waals surface area contributed by atoms with E-state index in [2.05, 4.69) is 21.4 Å².